The molecule has 0 aromatic carbocycles. The van der Waals surface area contributed by atoms with Crippen molar-refractivity contribution in [3.63, 3.8) is 0 Å². The maximum Gasteiger partial charge on any atom is 0.129 e. The molecule has 0 aliphatic carbocycles. The summed E-state index contributed by atoms with van der Waals surface area (Å²) >= 11 is 5.61. The summed E-state index contributed by atoms with van der Waals surface area (Å²) in [6.07, 6.45) is 2.64. The van der Waals surface area contributed by atoms with Crippen LogP contribution in [0.4, 0.5) is 0 Å². The number of rotatable bonds is 2. The maximum absolute atomic E-state index is 5.76. The van der Waals surface area contributed by atoms with Gasteiger partial charge in [0.1, 0.15) is 5.15 Å². The summed E-state index contributed by atoms with van der Waals surface area (Å²) in [6.45, 7) is 2.04. The predicted octanol–water partition coefficient (Wildman–Crippen LogP) is 2.57. The van der Waals surface area contributed by atoms with E-state index >= 15 is 0 Å². The zero-order valence-electron chi connectivity index (χ0n) is 6.83. The third kappa shape index (κ3) is 2.97. The van der Waals surface area contributed by atoms with E-state index in [9.17, 15) is 0 Å². The van der Waals surface area contributed by atoms with E-state index in [1.165, 1.54) is 0 Å². The lowest BCUT2D eigenvalue weighted by atomic mass is 10.1. The molecule has 4 heteroatoms. The highest BCUT2D eigenvalue weighted by atomic mass is 35.5. The molecule has 0 aliphatic rings. The molecule has 0 saturated carbocycles. The van der Waals surface area contributed by atoms with Gasteiger partial charge in [0, 0.05) is 12.2 Å². The third-order valence-corrected chi connectivity index (χ3v) is 1.84. The van der Waals surface area contributed by atoms with Gasteiger partial charge in [-0.15, -0.1) is 12.4 Å². The standard InChI is InChI=1S/C8H11ClN2.ClH/c1-2-7(10)6-3-4-8(9)11-5-6;/h3-5,7H,2,10H2,1H3;1H/t7-;/m0./s1. The van der Waals surface area contributed by atoms with Crippen LogP contribution in [0.2, 0.25) is 5.15 Å². The molecule has 0 unspecified atom stereocenters. The van der Waals surface area contributed by atoms with Crippen molar-refractivity contribution in [1.82, 2.24) is 4.98 Å². The van der Waals surface area contributed by atoms with Crippen LogP contribution in [-0.2, 0) is 0 Å². The summed E-state index contributed by atoms with van der Waals surface area (Å²) in [5.74, 6) is 0. The van der Waals surface area contributed by atoms with Gasteiger partial charge in [0.25, 0.3) is 0 Å². The van der Waals surface area contributed by atoms with Gasteiger partial charge in [-0.1, -0.05) is 24.6 Å². The van der Waals surface area contributed by atoms with E-state index in [2.05, 4.69) is 4.98 Å². The van der Waals surface area contributed by atoms with E-state index in [4.69, 9.17) is 17.3 Å². The molecule has 68 valence electrons. The molecule has 0 radical (unpaired) electrons. The number of hydrogen-bond acceptors (Lipinski definition) is 2. The quantitative estimate of drug-likeness (QED) is 0.757. The summed E-state index contributed by atoms with van der Waals surface area (Å²) in [7, 11) is 0. The highest BCUT2D eigenvalue weighted by Crippen LogP contribution is 2.13. The summed E-state index contributed by atoms with van der Waals surface area (Å²) in [5, 5.41) is 0.511. The second-order valence-electron chi connectivity index (χ2n) is 2.43. The largest absolute Gasteiger partial charge is 0.324 e. The minimum Gasteiger partial charge on any atom is -0.324 e. The van der Waals surface area contributed by atoms with Crippen LogP contribution in [0, 0.1) is 0 Å². The first-order valence-electron chi connectivity index (χ1n) is 3.61. The summed E-state index contributed by atoms with van der Waals surface area (Å²) in [4.78, 5) is 3.93. The first kappa shape index (κ1) is 11.7. The number of halogens is 2. The van der Waals surface area contributed by atoms with Crippen molar-refractivity contribution in [1.29, 1.82) is 0 Å². The van der Waals surface area contributed by atoms with Gasteiger partial charge in [0.05, 0.1) is 0 Å². The lowest BCUT2D eigenvalue weighted by Crippen LogP contribution is -2.08. The average Bonchev–Trinajstić information content (AvgIpc) is 2.05. The SMILES string of the molecule is CC[C@H](N)c1ccc(Cl)nc1.Cl. The van der Waals surface area contributed by atoms with Crippen molar-refractivity contribution in [2.24, 2.45) is 5.73 Å². The van der Waals surface area contributed by atoms with Gasteiger partial charge >= 0.3 is 0 Å². The fourth-order valence-electron chi connectivity index (χ4n) is 0.842. The van der Waals surface area contributed by atoms with E-state index in [0.29, 0.717) is 5.15 Å². The average molecular weight is 207 g/mol. The number of hydrogen-bond donors (Lipinski definition) is 1. The Morgan fingerprint density at radius 3 is 2.67 bits per heavy atom. The van der Waals surface area contributed by atoms with Gasteiger partial charge in [-0.25, -0.2) is 4.98 Å². The van der Waals surface area contributed by atoms with Crippen LogP contribution in [0.3, 0.4) is 0 Å². The summed E-state index contributed by atoms with van der Waals surface area (Å²) < 4.78 is 0. The van der Waals surface area contributed by atoms with Gasteiger partial charge < -0.3 is 5.73 Å². The Morgan fingerprint density at radius 1 is 1.58 bits per heavy atom. The Bertz CT molecular complexity index is 223. The van der Waals surface area contributed by atoms with Crippen molar-refractivity contribution < 1.29 is 0 Å². The van der Waals surface area contributed by atoms with Crippen molar-refractivity contribution in [3.8, 4) is 0 Å². The van der Waals surface area contributed by atoms with Crippen LogP contribution >= 0.6 is 24.0 Å². The summed E-state index contributed by atoms with van der Waals surface area (Å²) in [5.41, 5.74) is 6.80. The zero-order chi connectivity index (χ0) is 8.27. The van der Waals surface area contributed by atoms with E-state index in [-0.39, 0.29) is 18.4 Å². The molecule has 2 nitrogen and oxygen atoms in total. The zero-order valence-corrected chi connectivity index (χ0v) is 8.40. The van der Waals surface area contributed by atoms with Gasteiger partial charge in [-0.3, -0.25) is 0 Å². The molecule has 0 fully saturated rings. The van der Waals surface area contributed by atoms with E-state index in [1.54, 1.807) is 12.3 Å². The molecule has 2 N–H and O–H groups in total. The molecule has 0 amide bonds. The van der Waals surface area contributed by atoms with Gasteiger partial charge in [-0.05, 0) is 18.1 Å². The molecule has 1 atom stereocenters. The second-order valence-corrected chi connectivity index (χ2v) is 2.82. The molecule has 12 heavy (non-hydrogen) atoms. The van der Waals surface area contributed by atoms with Gasteiger partial charge in [0.15, 0.2) is 0 Å². The molecule has 1 aromatic rings. The van der Waals surface area contributed by atoms with Crippen molar-refractivity contribution >= 4 is 24.0 Å². The van der Waals surface area contributed by atoms with Crippen LogP contribution in [0.15, 0.2) is 18.3 Å². The monoisotopic (exact) mass is 206 g/mol. The van der Waals surface area contributed by atoms with Crippen LogP contribution in [0.5, 0.6) is 0 Å². The van der Waals surface area contributed by atoms with Crippen LogP contribution < -0.4 is 5.73 Å². The molecule has 1 heterocycles. The second kappa shape index (κ2) is 5.36. The van der Waals surface area contributed by atoms with Crippen molar-refractivity contribution in [2.75, 3.05) is 0 Å². The topological polar surface area (TPSA) is 38.9 Å². The number of pyridine rings is 1. The molecule has 1 rings (SSSR count). The normalized spacial score (nSPS) is 11.9. The van der Waals surface area contributed by atoms with E-state index in [0.717, 1.165) is 12.0 Å². The minimum atomic E-state index is 0. The van der Waals surface area contributed by atoms with Crippen LogP contribution in [0.1, 0.15) is 24.9 Å². The molecular formula is C8H12Cl2N2. The highest BCUT2D eigenvalue weighted by Gasteiger charge is 2.01. The van der Waals surface area contributed by atoms with Crippen LogP contribution in [0.25, 0.3) is 0 Å². The van der Waals surface area contributed by atoms with Gasteiger partial charge in [-0.2, -0.15) is 0 Å². The lowest BCUT2D eigenvalue weighted by Gasteiger charge is -2.07. The Labute approximate surface area is 83.5 Å². The van der Waals surface area contributed by atoms with E-state index in [1.807, 2.05) is 13.0 Å². The first-order valence-corrected chi connectivity index (χ1v) is 3.99. The smallest absolute Gasteiger partial charge is 0.129 e. The fraction of sp³-hybridized carbons (Fsp3) is 0.375. The highest BCUT2D eigenvalue weighted by molar-refractivity contribution is 6.29. The molecule has 0 spiro atoms. The molecule has 1 aromatic heterocycles. The molecule has 0 aliphatic heterocycles. The van der Waals surface area contributed by atoms with Crippen molar-refractivity contribution in [3.05, 3.63) is 29.0 Å². The predicted molar refractivity (Wildman–Crippen MR) is 53.7 cm³/mol. The molecule has 0 saturated heterocycles. The molecular weight excluding hydrogens is 195 g/mol. The Kier molecular flexibility index (Phi) is 5.22. The number of nitrogens with zero attached hydrogens (tertiary/aromatic N) is 1. The fourth-order valence-corrected chi connectivity index (χ4v) is 0.954. The Morgan fingerprint density at radius 2 is 2.25 bits per heavy atom. The number of nitrogens with two attached hydrogens (primary N) is 1. The third-order valence-electron chi connectivity index (χ3n) is 1.62. The maximum atomic E-state index is 5.76. The minimum absolute atomic E-state index is 0. The number of aromatic nitrogens is 1. The van der Waals surface area contributed by atoms with E-state index < -0.39 is 0 Å². The van der Waals surface area contributed by atoms with Crippen molar-refractivity contribution in [2.45, 2.75) is 19.4 Å². The Hall–Kier alpha value is -0.310. The first-order chi connectivity index (χ1) is 5.24. The molecule has 0 bridgehead atoms. The summed E-state index contributed by atoms with van der Waals surface area (Å²) in [6, 6.07) is 3.75. The van der Waals surface area contributed by atoms with Crippen LogP contribution in [-0.4, -0.2) is 4.98 Å². The van der Waals surface area contributed by atoms with Gasteiger partial charge in [0.2, 0.25) is 0 Å². The lowest BCUT2D eigenvalue weighted by molar-refractivity contribution is 0.695. The Balaban J connectivity index is 0.00000121.